The van der Waals surface area contributed by atoms with Crippen molar-refractivity contribution in [1.82, 2.24) is 0 Å². The molecule has 0 fully saturated rings. The summed E-state index contributed by atoms with van der Waals surface area (Å²) in [6.07, 6.45) is 0.489. The van der Waals surface area contributed by atoms with Gasteiger partial charge in [-0.1, -0.05) is 32.0 Å². The van der Waals surface area contributed by atoms with Crippen LogP contribution in [0.25, 0.3) is 0 Å². The number of nitrogens with one attached hydrogen (secondary N) is 2. The van der Waals surface area contributed by atoms with Crippen molar-refractivity contribution in [2.75, 3.05) is 16.4 Å². The van der Waals surface area contributed by atoms with Gasteiger partial charge in [-0.05, 0) is 35.7 Å². The molecule has 0 saturated carbocycles. The molecule has 24 heavy (non-hydrogen) atoms. The number of fused-ring (bicyclic) bond motifs is 1. The summed E-state index contributed by atoms with van der Waals surface area (Å²) in [5.74, 6) is 0.897. The highest BCUT2D eigenvalue weighted by Crippen LogP contribution is 2.32. The van der Waals surface area contributed by atoms with Crippen molar-refractivity contribution in [1.29, 1.82) is 0 Å². The zero-order valence-electron chi connectivity index (χ0n) is 13.8. The smallest absolute Gasteiger partial charge is 0.255 e. The average molecular weight is 340 g/mol. The molecule has 0 atom stereocenters. The molecule has 0 unspecified atom stereocenters. The molecule has 1 heterocycles. The van der Waals surface area contributed by atoms with E-state index >= 15 is 0 Å². The van der Waals surface area contributed by atoms with Gasteiger partial charge in [-0.15, -0.1) is 11.8 Å². The third-order valence-electron chi connectivity index (χ3n) is 3.93. The lowest BCUT2D eigenvalue weighted by molar-refractivity contribution is -0.115. The molecule has 5 heteroatoms. The lowest BCUT2D eigenvalue weighted by Gasteiger charge is -2.14. The van der Waals surface area contributed by atoms with Crippen molar-refractivity contribution in [3.8, 4) is 0 Å². The SMILES string of the molecule is CC(C)c1ccccc1NC(=O)c1ccc2c(c1)NC(=O)CCS2. The van der Waals surface area contributed by atoms with E-state index in [1.54, 1.807) is 23.9 Å². The molecule has 0 radical (unpaired) electrons. The van der Waals surface area contributed by atoms with Crippen molar-refractivity contribution in [2.24, 2.45) is 0 Å². The van der Waals surface area contributed by atoms with Crippen LogP contribution in [0.4, 0.5) is 11.4 Å². The minimum absolute atomic E-state index is 0.0102. The van der Waals surface area contributed by atoms with Gasteiger partial charge >= 0.3 is 0 Å². The van der Waals surface area contributed by atoms with E-state index in [1.807, 2.05) is 30.3 Å². The third-order valence-corrected chi connectivity index (χ3v) is 5.01. The van der Waals surface area contributed by atoms with Crippen molar-refractivity contribution < 1.29 is 9.59 Å². The third kappa shape index (κ3) is 3.62. The van der Waals surface area contributed by atoms with E-state index in [2.05, 4.69) is 24.5 Å². The van der Waals surface area contributed by atoms with Crippen LogP contribution in [-0.2, 0) is 4.79 Å². The quantitative estimate of drug-likeness (QED) is 0.865. The zero-order chi connectivity index (χ0) is 17.1. The van der Waals surface area contributed by atoms with Crippen LogP contribution in [0.2, 0.25) is 0 Å². The molecule has 4 nitrogen and oxygen atoms in total. The summed E-state index contributed by atoms with van der Waals surface area (Å²) in [6, 6.07) is 13.3. The van der Waals surface area contributed by atoms with Crippen molar-refractivity contribution in [3.63, 3.8) is 0 Å². The van der Waals surface area contributed by atoms with Gasteiger partial charge in [-0.2, -0.15) is 0 Å². The molecule has 2 aromatic rings. The van der Waals surface area contributed by atoms with E-state index in [1.165, 1.54) is 0 Å². The van der Waals surface area contributed by atoms with Crippen LogP contribution in [0, 0.1) is 0 Å². The monoisotopic (exact) mass is 340 g/mol. The van der Waals surface area contributed by atoms with Crippen LogP contribution in [0.1, 0.15) is 42.1 Å². The fourth-order valence-electron chi connectivity index (χ4n) is 2.67. The molecule has 3 rings (SSSR count). The van der Waals surface area contributed by atoms with Crippen LogP contribution in [-0.4, -0.2) is 17.6 Å². The molecule has 0 aliphatic carbocycles. The maximum atomic E-state index is 12.6. The second-order valence-electron chi connectivity index (χ2n) is 6.05. The van der Waals surface area contributed by atoms with Gasteiger partial charge in [0.1, 0.15) is 0 Å². The van der Waals surface area contributed by atoms with Gasteiger partial charge in [0.15, 0.2) is 0 Å². The molecule has 2 amide bonds. The lowest BCUT2D eigenvalue weighted by atomic mass is 10.0. The van der Waals surface area contributed by atoms with Crippen molar-refractivity contribution >= 4 is 35.0 Å². The number of amides is 2. The van der Waals surface area contributed by atoms with Crippen LogP contribution in [0.15, 0.2) is 47.4 Å². The second-order valence-corrected chi connectivity index (χ2v) is 7.19. The number of carbonyl (C=O) groups is 2. The molecule has 124 valence electrons. The van der Waals surface area contributed by atoms with E-state index in [0.29, 0.717) is 23.6 Å². The summed E-state index contributed by atoms with van der Waals surface area (Å²) in [7, 11) is 0. The minimum Gasteiger partial charge on any atom is -0.325 e. The average Bonchev–Trinajstić information content (AvgIpc) is 2.74. The first-order chi connectivity index (χ1) is 11.5. The minimum atomic E-state index is -0.172. The standard InChI is InChI=1S/C19H20N2O2S/c1-12(2)14-5-3-4-6-15(14)21-19(23)13-7-8-17-16(11-13)20-18(22)9-10-24-17/h3-8,11-12H,9-10H2,1-2H3,(H,20,22)(H,21,23). The predicted molar refractivity (Wildman–Crippen MR) is 98.9 cm³/mol. The van der Waals surface area contributed by atoms with E-state index in [4.69, 9.17) is 0 Å². The van der Waals surface area contributed by atoms with Crippen LogP contribution in [0.3, 0.4) is 0 Å². The van der Waals surface area contributed by atoms with Gasteiger partial charge in [0.25, 0.3) is 5.91 Å². The first kappa shape index (κ1) is 16.6. The number of hydrogen-bond acceptors (Lipinski definition) is 3. The molecular formula is C19H20N2O2S. The Morgan fingerprint density at radius 2 is 2.00 bits per heavy atom. The fraction of sp³-hybridized carbons (Fsp3) is 0.263. The Morgan fingerprint density at radius 1 is 1.21 bits per heavy atom. The van der Waals surface area contributed by atoms with Gasteiger partial charge < -0.3 is 10.6 Å². The summed E-state index contributed by atoms with van der Waals surface area (Å²) in [5, 5.41) is 5.85. The highest BCUT2D eigenvalue weighted by atomic mass is 32.2. The van der Waals surface area contributed by atoms with Crippen molar-refractivity contribution in [3.05, 3.63) is 53.6 Å². The molecule has 1 aliphatic heterocycles. The Hall–Kier alpha value is -2.27. The van der Waals surface area contributed by atoms with E-state index in [0.717, 1.165) is 21.9 Å². The summed E-state index contributed by atoms with van der Waals surface area (Å²) >= 11 is 1.63. The number of anilines is 2. The number of thioether (sulfide) groups is 1. The molecule has 0 bridgehead atoms. The lowest BCUT2D eigenvalue weighted by Crippen LogP contribution is -2.15. The van der Waals surface area contributed by atoms with E-state index in [-0.39, 0.29) is 11.8 Å². The summed E-state index contributed by atoms with van der Waals surface area (Å²) in [4.78, 5) is 25.3. The summed E-state index contributed by atoms with van der Waals surface area (Å²) < 4.78 is 0. The Balaban J connectivity index is 1.85. The van der Waals surface area contributed by atoms with E-state index in [9.17, 15) is 9.59 Å². The first-order valence-electron chi connectivity index (χ1n) is 8.01. The highest BCUT2D eigenvalue weighted by Gasteiger charge is 2.16. The van der Waals surface area contributed by atoms with E-state index < -0.39 is 0 Å². The van der Waals surface area contributed by atoms with Crippen LogP contribution in [0.5, 0.6) is 0 Å². The largest absolute Gasteiger partial charge is 0.325 e. The zero-order valence-corrected chi connectivity index (χ0v) is 14.6. The molecule has 1 aliphatic rings. The molecule has 2 aromatic carbocycles. The van der Waals surface area contributed by atoms with Gasteiger partial charge in [0.2, 0.25) is 5.91 Å². The summed E-state index contributed by atoms with van der Waals surface area (Å²) in [6.45, 7) is 4.19. The molecule has 0 spiro atoms. The van der Waals surface area contributed by atoms with Gasteiger partial charge in [0, 0.05) is 28.3 Å². The normalized spacial score (nSPS) is 13.9. The second kappa shape index (κ2) is 7.09. The van der Waals surface area contributed by atoms with Crippen molar-refractivity contribution in [2.45, 2.75) is 31.1 Å². The predicted octanol–water partition coefficient (Wildman–Crippen LogP) is 4.50. The van der Waals surface area contributed by atoms with Crippen LogP contribution < -0.4 is 10.6 Å². The number of hydrogen-bond donors (Lipinski definition) is 2. The Morgan fingerprint density at radius 3 is 2.79 bits per heavy atom. The fourth-order valence-corrected chi connectivity index (χ4v) is 3.61. The number of para-hydroxylation sites is 1. The first-order valence-corrected chi connectivity index (χ1v) is 9.00. The van der Waals surface area contributed by atoms with Gasteiger partial charge in [0.05, 0.1) is 5.69 Å². The molecule has 2 N–H and O–H groups in total. The Kier molecular flexibility index (Phi) is 4.90. The number of rotatable bonds is 3. The highest BCUT2D eigenvalue weighted by molar-refractivity contribution is 7.99. The summed E-state index contributed by atoms with van der Waals surface area (Å²) in [5.41, 5.74) is 3.18. The maximum Gasteiger partial charge on any atom is 0.255 e. The molecule has 0 aromatic heterocycles. The van der Waals surface area contributed by atoms with Gasteiger partial charge in [-0.25, -0.2) is 0 Å². The van der Waals surface area contributed by atoms with Crippen LogP contribution >= 0.6 is 11.8 Å². The number of carbonyl (C=O) groups excluding carboxylic acids is 2. The maximum absolute atomic E-state index is 12.6. The molecule has 0 saturated heterocycles. The Labute approximate surface area is 146 Å². The molecular weight excluding hydrogens is 320 g/mol. The number of benzene rings is 2. The van der Waals surface area contributed by atoms with Gasteiger partial charge in [-0.3, -0.25) is 9.59 Å². The Bertz CT molecular complexity index is 787. The topological polar surface area (TPSA) is 58.2 Å².